The SMILES string of the molecule is CCC(C)=C1C(OC)=C(C)C=C(N(CC(F)(F)F)c2ccc(-c3ccc4nc(N)cnc4c3)cc2)C1C. The number of rotatable bonds is 6. The lowest BCUT2D eigenvalue weighted by molar-refractivity contribution is -0.119. The van der Waals surface area contributed by atoms with Crippen LogP contribution in [0.25, 0.3) is 22.2 Å². The summed E-state index contributed by atoms with van der Waals surface area (Å²) in [5.41, 5.74) is 12.7. The fourth-order valence-corrected chi connectivity index (χ4v) is 4.86. The maximum atomic E-state index is 13.8. The Kier molecular flexibility index (Phi) is 7.30. The van der Waals surface area contributed by atoms with E-state index in [4.69, 9.17) is 10.5 Å². The Morgan fingerprint density at radius 3 is 2.38 bits per heavy atom. The van der Waals surface area contributed by atoms with Gasteiger partial charge in [0.05, 0.1) is 24.3 Å². The minimum atomic E-state index is -4.39. The second kappa shape index (κ2) is 10.3. The second-order valence-electron chi connectivity index (χ2n) is 9.30. The quantitative estimate of drug-likeness (QED) is 0.375. The van der Waals surface area contributed by atoms with Gasteiger partial charge in [0.25, 0.3) is 0 Å². The van der Waals surface area contributed by atoms with Crippen LogP contribution in [0, 0.1) is 5.92 Å². The maximum Gasteiger partial charge on any atom is 0.406 e. The van der Waals surface area contributed by atoms with Gasteiger partial charge < -0.3 is 15.4 Å². The molecule has 37 heavy (non-hydrogen) atoms. The first-order chi connectivity index (χ1) is 17.5. The number of nitrogens with two attached hydrogens (primary N) is 1. The fourth-order valence-electron chi connectivity index (χ4n) is 4.86. The third kappa shape index (κ3) is 5.48. The number of hydrogen-bond donors (Lipinski definition) is 1. The number of fused-ring (bicyclic) bond motifs is 1. The number of anilines is 2. The van der Waals surface area contributed by atoms with Crippen molar-refractivity contribution >= 4 is 22.5 Å². The highest BCUT2D eigenvalue weighted by Crippen LogP contribution is 2.41. The molecule has 2 N–H and O–H groups in total. The number of aromatic nitrogens is 2. The molecule has 0 fully saturated rings. The van der Waals surface area contributed by atoms with E-state index in [1.807, 2.05) is 64.1 Å². The largest absolute Gasteiger partial charge is 0.496 e. The Balaban J connectivity index is 1.76. The lowest BCUT2D eigenvalue weighted by atomic mass is 9.83. The van der Waals surface area contributed by atoms with Crippen LogP contribution in [0.1, 0.15) is 34.1 Å². The Bertz CT molecular complexity index is 1400. The van der Waals surface area contributed by atoms with Crippen LogP contribution in [0.15, 0.2) is 82.9 Å². The fraction of sp³-hybridized carbons (Fsp3) is 0.310. The summed E-state index contributed by atoms with van der Waals surface area (Å²) < 4.78 is 47.1. The molecule has 3 aromatic rings. The summed E-state index contributed by atoms with van der Waals surface area (Å²) >= 11 is 0. The lowest BCUT2D eigenvalue weighted by Gasteiger charge is -2.36. The first kappa shape index (κ1) is 26.3. The van der Waals surface area contributed by atoms with Crippen molar-refractivity contribution in [2.24, 2.45) is 5.92 Å². The Morgan fingerprint density at radius 2 is 1.76 bits per heavy atom. The number of halogens is 3. The van der Waals surface area contributed by atoms with Crippen LogP contribution < -0.4 is 10.6 Å². The first-order valence-corrected chi connectivity index (χ1v) is 12.2. The Labute approximate surface area is 215 Å². The van der Waals surface area contributed by atoms with Crippen LogP contribution in [-0.2, 0) is 4.74 Å². The monoisotopic (exact) mass is 508 g/mol. The average Bonchev–Trinajstić information content (AvgIpc) is 2.87. The molecule has 1 aliphatic carbocycles. The molecule has 1 unspecified atom stereocenters. The topological polar surface area (TPSA) is 64.3 Å². The van der Waals surface area contributed by atoms with Crippen molar-refractivity contribution in [2.45, 2.75) is 40.3 Å². The van der Waals surface area contributed by atoms with E-state index in [0.29, 0.717) is 28.2 Å². The van der Waals surface area contributed by atoms with E-state index < -0.39 is 12.7 Å². The van der Waals surface area contributed by atoms with Gasteiger partial charge in [0.15, 0.2) is 0 Å². The van der Waals surface area contributed by atoms with Gasteiger partial charge in [-0.15, -0.1) is 0 Å². The van der Waals surface area contributed by atoms with Crippen LogP contribution in [0.4, 0.5) is 24.7 Å². The van der Waals surface area contributed by atoms with Gasteiger partial charge in [0.1, 0.15) is 18.1 Å². The van der Waals surface area contributed by atoms with Crippen molar-refractivity contribution in [1.29, 1.82) is 0 Å². The van der Waals surface area contributed by atoms with Crippen LogP contribution in [0.5, 0.6) is 0 Å². The van der Waals surface area contributed by atoms with E-state index in [9.17, 15) is 13.2 Å². The number of benzene rings is 2. The molecule has 5 nitrogen and oxygen atoms in total. The molecule has 0 amide bonds. The summed E-state index contributed by atoms with van der Waals surface area (Å²) in [7, 11) is 1.60. The third-order valence-corrected chi connectivity index (χ3v) is 6.76. The number of nitrogen functional groups attached to an aromatic ring is 1. The summed E-state index contributed by atoms with van der Waals surface area (Å²) in [6.07, 6.45) is -0.300. The van der Waals surface area contributed by atoms with Crippen molar-refractivity contribution in [3.63, 3.8) is 0 Å². The molecular weight excluding hydrogens is 477 g/mol. The highest BCUT2D eigenvalue weighted by molar-refractivity contribution is 5.82. The zero-order chi connectivity index (χ0) is 26.9. The molecule has 1 aromatic heterocycles. The van der Waals surface area contributed by atoms with Crippen molar-refractivity contribution < 1.29 is 17.9 Å². The van der Waals surface area contributed by atoms with Crippen LogP contribution >= 0.6 is 0 Å². The highest BCUT2D eigenvalue weighted by Gasteiger charge is 2.36. The van der Waals surface area contributed by atoms with Gasteiger partial charge in [0.2, 0.25) is 0 Å². The van der Waals surface area contributed by atoms with Gasteiger partial charge in [-0.2, -0.15) is 13.2 Å². The Morgan fingerprint density at radius 1 is 1.08 bits per heavy atom. The van der Waals surface area contributed by atoms with E-state index in [1.165, 1.54) is 11.1 Å². The van der Waals surface area contributed by atoms with Gasteiger partial charge >= 0.3 is 6.18 Å². The average molecular weight is 509 g/mol. The summed E-state index contributed by atoms with van der Waals surface area (Å²) in [6.45, 7) is 6.76. The minimum absolute atomic E-state index is 0.271. The number of ether oxygens (including phenoxy) is 1. The number of nitrogens with zero attached hydrogens (tertiary/aromatic N) is 3. The lowest BCUT2D eigenvalue weighted by Crippen LogP contribution is -2.37. The molecular formula is C29H31F3N4O. The molecule has 0 aliphatic heterocycles. The van der Waals surface area contributed by atoms with E-state index >= 15 is 0 Å². The molecule has 1 aliphatic rings. The molecule has 0 saturated heterocycles. The predicted octanol–water partition coefficient (Wildman–Crippen LogP) is 7.43. The zero-order valence-electron chi connectivity index (χ0n) is 21.6. The van der Waals surface area contributed by atoms with Crippen LogP contribution in [0.3, 0.4) is 0 Å². The molecule has 194 valence electrons. The van der Waals surface area contributed by atoms with Gasteiger partial charge in [-0.25, -0.2) is 4.98 Å². The molecule has 8 heteroatoms. The summed E-state index contributed by atoms with van der Waals surface area (Å²) in [6, 6.07) is 12.7. The molecule has 0 bridgehead atoms. The maximum absolute atomic E-state index is 13.8. The van der Waals surface area contributed by atoms with Crippen LogP contribution in [0.2, 0.25) is 0 Å². The van der Waals surface area contributed by atoms with E-state index in [2.05, 4.69) is 9.97 Å². The molecule has 1 heterocycles. The number of allylic oxidation sites excluding steroid dienone is 5. The number of alkyl halides is 3. The van der Waals surface area contributed by atoms with Gasteiger partial charge in [-0.05, 0) is 67.3 Å². The number of hydrogen-bond acceptors (Lipinski definition) is 5. The first-order valence-electron chi connectivity index (χ1n) is 12.2. The summed E-state index contributed by atoms with van der Waals surface area (Å²) in [4.78, 5) is 9.95. The molecule has 0 radical (unpaired) electrons. The van der Waals surface area contributed by atoms with Crippen molar-refractivity contribution in [3.05, 3.63) is 82.9 Å². The van der Waals surface area contributed by atoms with Crippen molar-refractivity contribution in [1.82, 2.24) is 9.97 Å². The molecule has 0 spiro atoms. The Hall–Kier alpha value is -3.81. The molecule has 2 aromatic carbocycles. The minimum Gasteiger partial charge on any atom is -0.496 e. The van der Waals surface area contributed by atoms with Gasteiger partial charge in [-0.3, -0.25) is 4.98 Å². The molecule has 1 atom stereocenters. The van der Waals surface area contributed by atoms with E-state index in [-0.39, 0.29) is 5.92 Å². The standard InChI is InChI=1S/C29H31F3N4O/c1-6-17(2)27-19(4)25(13-18(3)28(27)37-5)36(16-29(30,31)32)22-10-7-20(8-11-22)21-9-12-23-24(14-21)34-15-26(33)35-23/h7-15,19H,6,16H2,1-5H3,(H2,33,35). The summed E-state index contributed by atoms with van der Waals surface area (Å²) in [5, 5.41) is 0. The highest BCUT2D eigenvalue weighted by atomic mass is 19.4. The van der Waals surface area contributed by atoms with Crippen LogP contribution in [-0.4, -0.2) is 29.8 Å². The van der Waals surface area contributed by atoms with E-state index in [0.717, 1.165) is 40.0 Å². The zero-order valence-corrected chi connectivity index (χ0v) is 21.6. The van der Waals surface area contributed by atoms with Gasteiger partial charge in [-0.1, -0.05) is 37.6 Å². The smallest absolute Gasteiger partial charge is 0.406 e. The van der Waals surface area contributed by atoms with Crippen molar-refractivity contribution in [3.8, 4) is 11.1 Å². The second-order valence-corrected chi connectivity index (χ2v) is 9.30. The predicted molar refractivity (Wildman–Crippen MR) is 143 cm³/mol. The van der Waals surface area contributed by atoms with Gasteiger partial charge in [0, 0.05) is 22.9 Å². The van der Waals surface area contributed by atoms with E-state index in [1.54, 1.807) is 19.2 Å². The summed E-state index contributed by atoms with van der Waals surface area (Å²) in [5.74, 6) is 0.807. The third-order valence-electron chi connectivity index (χ3n) is 6.76. The molecule has 4 rings (SSSR count). The van der Waals surface area contributed by atoms with Crippen molar-refractivity contribution in [2.75, 3.05) is 24.3 Å². The normalized spacial score (nSPS) is 17.6. The molecule has 0 saturated carbocycles. The number of methoxy groups -OCH3 is 1.